The molecule has 0 saturated heterocycles. The standard InChI is InChI=1S/C18H21ClN2O4/c1-23-15-7-5-4-6-12(15)10-20-11-18(22)21-14-9-16(24-2)13(19)8-17(14)25-3/h4-9,20H,10-11H2,1-3H3,(H,21,22). The van der Waals surface area contributed by atoms with Gasteiger partial charge in [0.1, 0.15) is 17.2 Å². The summed E-state index contributed by atoms with van der Waals surface area (Å²) in [5.41, 5.74) is 1.47. The fraction of sp³-hybridized carbons (Fsp3) is 0.278. The van der Waals surface area contributed by atoms with Crippen LogP contribution in [0.2, 0.25) is 5.02 Å². The molecule has 2 aromatic carbocycles. The molecule has 0 aliphatic rings. The van der Waals surface area contributed by atoms with Gasteiger partial charge in [0.15, 0.2) is 0 Å². The van der Waals surface area contributed by atoms with E-state index >= 15 is 0 Å². The fourth-order valence-electron chi connectivity index (χ4n) is 2.31. The zero-order valence-electron chi connectivity index (χ0n) is 14.4. The molecule has 1 amide bonds. The van der Waals surface area contributed by atoms with Gasteiger partial charge >= 0.3 is 0 Å². The monoisotopic (exact) mass is 364 g/mol. The SMILES string of the molecule is COc1cc(NC(=O)CNCc2ccccc2OC)c(OC)cc1Cl. The fourth-order valence-corrected chi connectivity index (χ4v) is 2.54. The second-order valence-electron chi connectivity index (χ2n) is 5.15. The van der Waals surface area contributed by atoms with Crippen molar-refractivity contribution in [2.75, 3.05) is 33.2 Å². The Balaban J connectivity index is 1.96. The van der Waals surface area contributed by atoms with Crippen LogP contribution in [-0.4, -0.2) is 33.8 Å². The van der Waals surface area contributed by atoms with Crippen molar-refractivity contribution in [2.45, 2.75) is 6.54 Å². The van der Waals surface area contributed by atoms with Gasteiger partial charge in [0, 0.05) is 24.2 Å². The van der Waals surface area contributed by atoms with E-state index in [-0.39, 0.29) is 12.5 Å². The van der Waals surface area contributed by atoms with Gasteiger partial charge in [0.25, 0.3) is 0 Å². The first kappa shape index (κ1) is 18.9. The van der Waals surface area contributed by atoms with E-state index in [0.717, 1.165) is 11.3 Å². The second-order valence-corrected chi connectivity index (χ2v) is 5.56. The molecular weight excluding hydrogens is 344 g/mol. The zero-order valence-corrected chi connectivity index (χ0v) is 15.1. The molecule has 0 radical (unpaired) electrons. The third-order valence-electron chi connectivity index (χ3n) is 3.54. The number of carbonyl (C=O) groups is 1. The maximum Gasteiger partial charge on any atom is 0.238 e. The largest absolute Gasteiger partial charge is 0.496 e. The van der Waals surface area contributed by atoms with Crippen LogP contribution in [0.15, 0.2) is 36.4 Å². The molecule has 25 heavy (non-hydrogen) atoms. The van der Waals surface area contributed by atoms with Crippen LogP contribution in [0.5, 0.6) is 17.2 Å². The summed E-state index contributed by atoms with van der Waals surface area (Å²) >= 11 is 6.05. The molecule has 134 valence electrons. The minimum atomic E-state index is -0.211. The molecule has 0 aliphatic heterocycles. The molecule has 0 fully saturated rings. The van der Waals surface area contributed by atoms with Crippen LogP contribution < -0.4 is 24.8 Å². The van der Waals surface area contributed by atoms with Crippen molar-refractivity contribution in [1.82, 2.24) is 5.32 Å². The highest BCUT2D eigenvalue weighted by molar-refractivity contribution is 6.32. The van der Waals surface area contributed by atoms with Crippen LogP contribution in [0.25, 0.3) is 0 Å². The molecule has 7 heteroatoms. The van der Waals surface area contributed by atoms with Gasteiger partial charge in [-0.1, -0.05) is 29.8 Å². The van der Waals surface area contributed by atoms with Crippen LogP contribution in [0.3, 0.4) is 0 Å². The van der Waals surface area contributed by atoms with Crippen molar-refractivity contribution in [1.29, 1.82) is 0 Å². The Kier molecular flexibility index (Phi) is 6.91. The number of methoxy groups -OCH3 is 3. The number of carbonyl (C=O) groups excluding carboxylic acids is 1. The van der Waals surface area contributed by atoms with Crippen molar-refractivity contribution in [3.8, 4) is 17.2 Å². The van der Waals surface area contributed by atoms with Gasteiger partial charge in [0.05, 0.1) is 38.6 Å². The first-order valence-electron chi connectivity index (χ1n) is 7.63. The summed E-state index contributed by atoms with van der Waals surface area (Å²) in [7, 11) is 4.63. The molecule has 0 unspecified atom stereocenters. The highest BCUT2D eigenvalue weighted by atomic mass is 35.5. The number of para-hydroxylation sites is 1. The molecule has 0 bridgehead atoms. The molecular formula is C18H21ClN2O4. The molecule has 6 nitrogen and oxygen atoms in total. The van der Waals surface area contributed by atoms with Crippen molar-refractivity contribution in [2.24, 2.45) is 0 Å². The van der Waals surface area contributed by atoms with E-state index in [2.05, 4.69) is 10.6 Å². The summed E-state index contributed by atoms with van der Waals surface area (Å²) in [6.07, 6.45) is 0. The predicted octanol–water partition coefficient (Wildman–Crippen LogP) is 3.09. The van der Waals surface area contributed by atoms with Gasteiger partial charge in [-0.05, 0) is 6.07 Å². The molecule has 0 heterocycles. The van der Waals surface area contributed by atoms with E-state index in [9.17, 15) is 4.79 Å². The van der Waals surface area contributed by atoms with Crippen LogP contribution in [0.4, 0.5) is 5.69 Å². The number of rotatable bonds is 8. The quantitative estimate of drug-likeness (QED) is 0.753. The maximum atomic E-state index is 12.2. The molecule has 0 aliphatic carbocycles. The third-order valence-corrected chi connectivity index (χ3v) is 3.84. The zero-order chi connectivity index (χ0) is 18.2. The summed E-state index contributed by atoms with van der Waals surface area (Å²) < 4.78 is 15.7. The van der Waals surface area contributed by atoms with Crippen molar-refractivity contribution in [3.63, 3.8) is 0 Å². The lowest BCUT2D eigenvalue weighted by atomic mass is 10.2. The smallest absolute Gasteiger partial charge is 0.238 e. The van der Waals surface area contributed by atoms with Crippen molar-refractivity contribution in [3.05, 3.63) is 47.0 Å². The Hall–Kier alpha value is -2.44. The van der Waals surface area contributed by atoms with Gasteiger partial charge in [-0.3, -0.25) is 4.79 Å². The summed E-state index contributed by atoms with van der Waals surface area (Å²) in [5, 5.41) is 6.27. The average molecular weight is 365 g/mol. The number of hydrogen-bond acceptors (Lipinski definition) is 5. The number of ether oxygens (including phenoxy) is 3. The Morgan fingerprint density at radius 2 is 1.68 bits per heavy atom. The number of halogens is 1. The predicted molar refractivity (Wildman–Crippen MR) is 97.9 cm³/mol. The van der Waals surface area contributed by atoms with Crippen LogP contribution >= 0.6 is 11.6 Å². The lowest BCUT2D eigenvalue weighted by molar-refractivity contribution is -0.115. The van der Waals surface area contributed by atoms with Crippen molar-refractivity contribution < 1.29 is 19.0 Å². The number of nitrogens with one attached hydrogen (secondary N) is 2. The Bertz CT molecular complexity index is 737. The first-order chi connectivity index (χ1) is 12.1. The van der Waals surface area contributed by atoms with E-state index in [1.807, 2.05) is 24.3 Å². The highest BCUT2D eigenvalue weighted by Gasteiger charge is 2.12. The van der Waals surface area contributed by atoms with Crippen LogP contribution in [-0.2, 0) is 11.3 Å². The van der Waals surface area contributed by atoms with E-state index in [0.29, 0.717) is 28.8 Å². The number of anilines is 1. The Morgan fingerprint density at radius 3 is 2.36 bits per heavy atom. The van der Waals surface area contributed by atoms with E-state index in [4.69, 9.17) is 25.8 Å². The molecule has 2 rings (SSSR count). The van der Waals surface area contributed by atoms with Crippen molar-refractivity contribution >= 4 is 23.2 Å². The first-order valence-corrected chi connectivity index (χ1v) is 8.00. The van der Waals surface area contributed by atoms with Crippen LogP contribution in [0.1, 0.15) is 5.56 Å². The van der Waals surface area contributed by atoms with Gasteiger partial charge in [-0.15, -0.1) is 0 Å². The average Bonchev–Trinajstić information content (AvgIpc) is 2.63. The van der Waals surface area contributed by atoms with E-state index < -0.39 is 0 Å². The highest BCUT2D eigenvalue weighted by Crippen LogP contribution is 2.35. The van der Waals surface area contributed by atoms with Gasteiger partial charge in [-0.2, -0.15) is 0 Å². The molecule has 2 N–H and O–H groups in total. The molecule has 0 atom stereocenters. The summed E-state index contributed by atoms with van der Waals surface area (Å²) in [6.45, 7) is 0.644. The maximum absolute atomic E-state index is 12.2. The summed E-state index contributed by atoms with van der Waals surface area (Å²) in [5.74, 6) is 1.49. The third kappa shape index (κ3) is 5.01. The van der Waals surface area contributed by atoms with Gasteiger partial charge in [-0.25, -0.2) is 0 Å². The lowest BCUT2D eigenvalue weighted by Crippen LogP contribution is -2.28. The Labute approximate surface area is 152 Å². The molecule has 2 aromatic rings. The topological polar surface area (TPSA) is 68.8 Å². The Morgan fingerprint density at radius 1 is 1.00 bits per heavy atom. The molecule has 0 saturated carbocycles. The molecule has 0 aromatic heterocycles. The number of hydrogen-bond donors (Lipinski definition) is 2. The van der Waals surface area contributed by atoms with Crippen LogP contribution in [0, 0.1) is 0 Å². The lowest BCUT2D eigenvalue weighted by Gasteiger charge is -2.14. The van der Waals surface area contributed by atoms with E-state index in [1.54, 1.807) is 19.2 Å². The minimum absolute atomic E-state index is 0.131. The number of benzene rings is 2. The minimum Gasteiger partial charge on any atom is -0.496 e. The van der Waals surface area contributed by atoms with Gasteiger partial charge in [0.2, 0.25) is 5.91 Å². The van der Waals surface area contributed by atoms with Gasteiger partial charge < -0.3 is 24.8 Å². The molecule has 0 spiro atoms. The summed E-state index contributed by atoms with van der Waals surface area (Å²) in [4.78, 5) is 12.2. The van der Waals surface area contributed by atoms with E-state index in [1.165, 1.54) is 14.2 Å². The second kappa shape index (κ2) is 9.15. The normalized spacial score (nSPS) is 10.2. The number of amides is 1. The summed E-state index contributed by atoms with van der Waals surface area (Å²) in [6, 6.07) is 10.9.